The molecule has 0 saturated heterocycles. The third kappa shape index (κ3) is 4.72. The summed E-state index contributed by atoms with van der Waals surface area (Å²) in [6.07, 6.45) is 4.15. The Morgan fingerprint density at radius 2 is 1.71 bits per heavy atom. The van der Waals surface area contributed by atoms with Gasteiger partial charge in [-0.25, -0.2) is 0 Å². The van der Waals surface area contributed by atoms with E-state index >= 15 is 0 Å². The fraction of sp³-hybridized carbons (Fsp3) is 0.667. The smallest absolute Gasteiger partial charge is 0.118 e. The monoisotopic (exact) mass is 291 g/mol. The van der Waals surface area contributed by atoms with Crippen molar-refractivity contribution in [1.29, 1.82) is 0 Å². The summed E-state index contributed by atoms with van der Waals surface area (Å²) in [6.45, 7) is 5.41. The lowest BCUT2D eigenvalue weighted by molar-refractivity contribution is -0.00847. The molecule has 1 saturated carbocycles. The molecule has 3 nitrogen and oxygen atoms in total. The van der Waals surface area contributed by atoms with E-state index in [4.69, 9.17) is 9.47 Å². The van der Waals surface area contributed by atoms with Gasteiger partial charge in [0.25, 0.3) is 0 Å². The van der Waals surface area contributed by atoms with E-state index in [1.807, 2.05) is 19.2 Å². The van der Waals surface area contributed by atoms with E-state index in [1.54, 1.807) is 7.11 Å². The third-order valence-corrected chi connectivity index (χ3v) is 4.50. The van der Waals surface area contributed by atoms with Crippen LogP contribution in [0.2, 0.25) is 0 Å². The quantitative estimate of drug-likeness (QED) is 0.865. The predicted molar refractivity (Wildman–Crippen MR) is 86.7 cm³/mol. The molecule has 2 rings (SSSR count). The van der Waals surface area contributed by atoms with E-state index in [-0.39, 0.29) is 6.04 Å². The summed E-state index contributed by atoms with van der Waals surface area (Å²) in [7, 11) is 3.68. The maximum Gasteiger partial charge on any atom is 0.118 e. The van der Waals surface area contributed by atoms with Crippen molar-refractivity contribution in [2.45, 2.75) is 45.3 Å². The van der Waals surface area contributed by atoms with Crippen LogP contribution < -0.4 is 10.1 Å². The van der Waals surface area contributed by atoms with Crippen LogP contribution in [0.5, 0.6) is 5.75 Å². The lowest BCUT2D eigenvalue weighted by Gasteiger charge is -2.32. The molecule has 0 heterocycles. The lowest BCUT2D eigenvalue weighted by Crippen LogP contribution is -2.30. The number of hydrogen-bond acceptors (Lipinski definition) is 3. The SMILES string of the molecule is CNC(COC1CC(C)CC(C)C1)c1ccc(OC)cc1. The molecular formula is C18H29NO2. The van der Waals surface area contributed by atoms with Gasteiger partial charge in [-0.2, -0.15) is 0 Å². The van der Waals surface area contributed by atoms with Gasteiger partial charge >= 0.3 is 0 Å². The average molecular weight is 291 g/mol. The van der Waals surface area contributed by atoms with E-state index in [0.29, 0.717) is 6.10 Å². The maximum atomic E-state index is 6.19. The summed E-state index contributed by atoms with van der Waals surface area (Å²) in [5.74, 6) is 2.46. The summed E-state index contributed by atoms with van der Waals surface area (Å²) in [6, 6.07) is 8.46. The van der Waals surface area contributed by atoms with Gasteiger partial charge in [-0.15, -0.1) is 0 Å². The first-order valence-corrected chi connectivity index (χ1v) is 8.05. The van der Waals surface area contributed by atoms with Crippen LogP contribution in [0.1, 0.15) is 44.7 Å². The summed E-state index contributed by atoms with van der Waals surface area (Å²) in [5, 5.41) is 3.35. The number of nitrogens with one attached hydrogen (secondary N) is 1. The van der Waals surface area contributed by atoms with Crippen molar-refractivity contribution in [3.8, 4) is 5.75 Å². The molecule has 0 amide bonds. The first-order chi connectivity index (χ1) is 10.1. The summed E-state index contributed by atoms with van der Waals surface area (Å²) in [5.41, 5.74) is 1.25. The zero-order chi connectivity index (χ0) is 15.2. The Bertz CT molecular complexity index is 408. The van der Waals surface area contributed by atoms with Crippen LogP contribution >= 0.6 is 0 Å². The van der Waals surface area contributed by atoms with Gasteiger partial charge in [0.1, 0.15) is 5.75 Å². The normalized spacial score (nSPS) is 27.3. The van der Waals surface area contributed by atoms with Crippen molar-refractivity contribution >= 4 is 0 Å². The largest absolute Gasteiger partial charge is 0.497 e. The molecule has 3 unspecified atom stereocenters. The van der Waals surface area contributed by atoms with Crippen LogP contribution in [-0.2, 0) is 4.74 Å². The number of benzene rings is 1. The standard InChI is InChI=1S/C18H29NO2/c1-13-9-14(2)11-17(10-13)21-12-18(19-3)15-5-7-16(20-4)8-6-15/h5-8,13-14,17-19H,9-12H2,1-4H3. The Morgan fingerprint density at radius 1 is 1.10 bits per heavy atom. The molecule has 0 spiro atoms. The minimum atomic E-state index is 0.239. The van der Waals surface area contributed by atoms with Gasteiger partial charge in [0.2, 0.25) is 0 Å². The van der Waals surface area contributed by atoms with Gasteiger partial charge in [-0.3, -0.25) is 0 Å². The molecule has 21 heavy (non-hydrogen) atoms. The van der Waals surface area contributed by atoms with Gasteiger partial charge in [-0.05, 0) is 55.8 Å². The van der Waals surface area contributed by atoms with Crippen molar-refractivity contribution < 1.29 is 9.47 Å². The highest BCUT2D eigenvalue weighted by Gasteiger charge is 2.25. The van der Waals surface area contributed by atoms with Crippen LogP contribution in [0.4, 0.5) is 0 Å². The molecule has 0 radical (unpaired) electrons. The highest BCUT2D eigenvalue weighted by molar-refractivity contribution is 5.29. The molecule has 1 fully saturated rings. The summed E-state index contributed by atoms with van der Waals surface area (Å²) < 4.78 is 11.4. The van der Waals surface area contributed by atoms with E-state index < -0.39 is 0 Å². The number of ether oxygens (including phenoxy) is 2. The average Bonchev–Trinajstić information content (AvgIpc) is 2.47. The van der Waals surface area contributed by atoms with Gasteiger partial charge in [0, 0.05) is 0 Å². The second-order valence-corrected chi connectivity index (χ2v) is 6.49. The highest BCUT2D eigenvalue weighted by atomic mass is 16.5. The molecule has 118 valence electrons. The molecule has 1 aliphatic carbocycles. The van der Waals surface area contributed by atoms with Gasteiger partial charge in [0.05, 0.1) is 25.9 Å². The number of rotatable bonds is 6. The minimum absolute atomic E-state index is 0.239. The molecule has 1 N–H and O–H groups in total. The predicted octanol–water partition coefficient (Wildman–Crippen LogP) is 3.80. The van der Waals surface area contributed by atoms with Gasteiger partial charge < -0.3 is 14.8 Å². The Morgan fingerprint density at radius 3 is 2.24 bits per heavy atom. The van der Waals surface area contributed by atoms with E-state index in [0.717, 1.165) is 24.2 Å². The first-order valence-electron chi connectivity index (χ1n) is 8.05. The highest BCUT2D eigenvalue weighted by Crippen LogP contribution is 2.31. The van der Waals surface area contributed by atoms with Crippen molar-refractivity contribution in [2.75, 3.05) is 20.8 Å². The van der Waals surface area contributed by atoms with Crippen LogP contribution in [-0.4, -0.2) is 26.9 Å². The summed E-state index contributed by atoms with van der Waals surface area (Å²) >= 11 is 0. The molecular weight excluding hydrogens is 262 g/mol. The molecule has 3 heteroatoms. The second kappa shape index (κ2) is 7.81. The maximum absolute atomic E-state index is 6.19. The molecule has 3 atom stereocenters. The molecule has 0 aromatic heterocycles. The van der Waals surface area contributed by atoms with E-state index in [1.165, 1.54) is 24.8 Å². The summed E-state index contributed by atoms with van der Waals surface area (Å²) in [4.78, 5) is 0. The fourth-order valence-corrected chi connectivity index (χ4v) is 3.42. The molecule has 0 aliphatic heterocycles. The van der Waals surface area contributed by atoms with Crippen LogP contribution in [0.3, 0.4) is 0 Å². The Labute approximate surface area is 129 Å². The topological polar surface area (TPSA) is 30.5 Å². The second-order valence-electron chi connectivity index (χ2n) is 6.49. The van der Waals surface area contributed by atoms with Gasteiger partial charge in [-0.1, -0.05) is 26.0 Å². The first kappa shape index (κ1) is 16.3. The van der Waals surface area contributed by atoms with E-state index in [9.17, 15) is 0 Å². The number of likely N-dealkylation sites (N-methyl/N-ethyl adjacent to an activating group) is 1. The van der Waals surface area contributed by atoms with Crippen molar-refractivity contribution in [1.82, 2.24) is 5.32 Å². The lowest BCUT2D eigenvalue weighted by atomic mass is 9.82. The zero-order valence-electron chi connectivity index (χ0n) is 13.8. The third-order valence-electron chi connectivity index (χ3n) is 4.50. The van der Waals surface area contributed by atoms with Crippen molar-refractivity contribution in [2.24, 2.45) is 11.8 Å². The molecule has 1 aromatic carbocycles. The molecule has 0 bridgehead atoms. The van der Waals surface area contributed by atoms with Gasteiger partial charge in [0.15, 0.2) is 0 Å². The number of hydrogen-bond donors (Lipinski definition) is 1. The molecule has 1 aromatic rings. The Kier molecular flexibility index (Phi) is 6.07. The molecule has 1 aliphatic rings. The van der Waals surface area contributed by atoms with Crippen LogP contribution in [0.25, 0.3) is 0 Å². The van der Waals surface area contributed by atoms with Crippen molar-refractivity contribution in [3.63, 3.8) is 0 Å². The fourth-order valence-electron chi connectivity index (χ4n) is 3.42. The zero-order valence-corrected chi connectivity index (χ0v) is 13.8. The minimum Gasteiger partial charge on any atom is -0.497 e. The van der Waals surface area contributed by atoms with Crippen LogP contribution in [0, 0.1) is 11.8 Å². The van der Waals surface area contributed by atoms with E-state index in [2.05, 4.69) is 31.3 Å². The Balaban J connectivity index is 1.89. The van der Waals surface area contributed by atoms with Crippen molar-refractivity contribution in [3.05, 3.63) is 29.8 Å². The van der Waals surface area contributed by atoms with Crippen LogP contribution in [0.15, 0.2) is 24.3 Å². The Hall–Kier alpha value is -1.06. The number of methoxy groups -OCH3 is 1.